The van der Waals surface area contributed by atoms with Gasteiger partial charge in [-0.3, -0.25) is 0 Å². The SMILES string of the molecule is CSCCC(CC#N)C(O)C(F)(F)F. The van der Waals surface area contributed by atoms with Crippen LogP contribution in [0, 0.1) is 17.2 Å². The second kappa shape index (κ2) is 6.14. The van der Waals surface area contributed by atoms with Crippen molar-refractivity contribution in [2.24, 2.45) is 5.92 Å². The molecule has 6 heteroatoms. The van der Waals surface area contributed by atoms with Crippen LogP contribution in [0.25, 0.3) is 0 Å². The average molecular weight is 227 g/mol. The number of aliphatic hydroxyl groups is 1. The van der Waals surface area contributed by atoms with Crippen LogP contribution in [-0.2, 0) is 0 Å². The van der Waals surface area contributed by atoms with Gasteiger partial charge in [0.2, 0.25) is 0 Å². The molecule has 0 aliphatic carbocycles. The summed E-state index contributed by atoms with van der Waals surface area (Å²) in [5, 5.41) is 17.2. The van der Waals surface area contributed by atoms with Gasteiger partial charge in [-0.25, -0.2) is 0 Å². The van der Waals surface area contributed by atoms with Crippen molar-refractivity contribution in [2.45, 2.75) is 25.1 Å². The van der Waals surface area contributed by atoms with E-state index in [1.807, 2.05) is 0 Å². The van der Waals surface area contributed by atoms with Crippen LogP contribution < -0.4 is 0 Å². The van der Waals surface area contributed by atoms with E-state index in [0.717, 1.165) is 0 Å². The summed E-state index contributed by atoms with van der Waals surface area (Å²) in [4.78, 5) is 0. The van der Waals surface area contributed by atoms with Gasteiger partial charge >= 0.3 is 6.18 Å². The van der Waals surface area contributed by atoms with Crippen molar-refractivity contribution >= 4 is 11.8 Å². The summed E-state index contributed by atoms with van der Waals surface area (Å²) in [7, 11) is 0. The fraction of sp³-hybridized carbons (Fsp3) is 0.875. The number of hydrogen-bond acceptors (Lipinski definition) is 3. The summed E-state index contributed by atoms with van der Waals surface area (Å²) in [6.45, 7) is 0. The van der Waals surface area contributed by atoms with E-state index in [1.165, 1.54) is 11.8 Å². The van der Waals surface area contributed by atoms with Crippen LogP contribution >= 0.6 is 11.8 Å². The normalized spacial score (nSPS) is 16.0. The van der Waals surface area contributed by atoms with E-state index in [1.54, 1.807) is 12.3 Å². The van der Waals surface area contributed by atoms with Crippen LogP contribution in [0.5, 0.6) is 0 Å². The first-order valence-electron chi connectivity index (χ1n) is 4.04. The Kier molecular flexibility index (Phi) is 5.96. The first-order chi connectivity index (χ1) is 6.43. The lowest BCUT2D eigenvalue weighted by molar-refractivity contribution is -0.219. The highest BCUT2D eigenvalue weighted by Crippen LogP contribution is 2.29. The quantitative estimate of drug-likeness (QED) is 0.783. The van der Waals surface area contributed by atoms with Gasteiger partial charge in [0.15, 0.2) is 6.10 Å². The van der Waals surface area contributed by atoms with Crippen LogP contribution in [0.3, 0.4) is 0 Å². The summed E-state index contributed by atoms with van der Waals surface area (Å²) in [5.41, 5.74) is 0. The molecule has 0 aliphatic rings. The van der Waals surface area contributed by atoms with Gasteiger partial charge < -0.3 is 5.11 Å². The number of alkyl halides is 3. The van der Waals surface area contributed by atoms with E-state index in [0.29, 0.717) is 5.75 Å². The first kappa shape index (κ1) is 13.6. The van der Waals surface area contributed by atoms with Gasteiger partial charge in [0.1, 0.15) is 0 Å². The molecule has 0 aromatic carbocycles. The molecule has 0 aliphatic heterocycles. The smallest absolute Gasteiger partial charge is 0.383 e. The second-order valence-electron chi connectivity index (χ2n) is 2.89. The summed E-state index contributed by atoms with van der Waals surface area (Å²) in [5.74, 6) is -0.494. The predicted octanol–water partition coefficient (Wildman–Crippen LogP) is 2.19. The maximum absolute atomic E-state index is 12.1. The Labute approximate surface area is 85.1 Å². The van der Waals surface area contributed by atoms with Crippen molar-refractivity contribution < 1.29 is 18.3 Å². The van der Waals surface area contributed by atoms with E-state index in [9.17, 15) is 13.2 Å². The molecule has 0 fully saturated rings. The second-order valence-corrected chi connectivity index (χ2v) is 3.88. The molecule has 0 rings (SSSR count). The lowest BCUT2D eigenvalue weighted by atomic mass is 9.96. The van der Waals surface area contributed by atoms with Crippen LogP contribution in [0.1, 0.15) is 12.8 Å². The molecule has 1 N–H and O–H groups in total. The molecule has 0 amide bonds. The van der Waals surface area contributed by atoms with Gasteiger partial charge in [0, 0.05) is 12.3 Å². The molecule has 0 aromatic heterocycles. The van der Waals surface area contributed by atoms with Crippen molar-refractivity contribution in [1.82, 2.24) is 0 Å². The van der Waals surface area contributed by atoms with Crippen molar-refractivity contribution in [2.75, 3.05) is 12.0 Å². The maximum atomic E-state index is 12.1. The summed E-state index contributed by atoms with van der Waals surface area (Å²) in [6, 6.07) is 1.66. The van der Waals surface area contributed by atoms with Gasteiger partial charge in [0.05, 0.1) is 6.07 Å². The first-order valence-corrected chi connectivity index (χ1v) is 5.43. The van der Waals surface area contributed by atoms with E-state index in [4.69, 9.17) is 10.4 Å². The number of halogens is 3. The zero-order valence-electron chi connectivity index (χ0n) is 7.71. The molecule has 0 saturated heterocycles. The molecule has 0 spiro atoms. The van der Waals surface area contributed by atoms with E-state index >= 15 is 0 Å². The number of rotatable bonds is 5. The van der Waals surface area contributed by atoms with Crippen molar-refractivity contribution in [3.63, 3.8) is 0 Å². The third-order valence-electron chi connectivity index (χ3n) is 1.83. The zero-order chi connectivity index (χ0) is 11.2. The minimum absolute atomic E-state index is 0.204. The minimum atomic E-state index is -4.63. The van der Waals surface area contributed by atoms with E-state index in [2.05, 4.69) is 0 Å². The Hall–Kier alpha value is -0.410. The summed E-state index contributed by atoms with van der Waals surface area (Å²) >= 11 is 1.40. The van der Waals surface area contributed by atoms with Crippen molar-refractivity contribution in [3.8, 4) is 6.07 Å². The Morgan fingerprint density at radius 1 is 1.50 bits per heavy atom. The number of aliphatic hydroxyl groups excluding tert-OH is 1. The molecule has 0 saturated carbocycles. The standard InChI is InChI=1S/C8H12F3NOS/c1-14-5-3-6(2-4-12)7(13)8(9,10)11/h6-7,13H,2-3,5H2,1H3. The molecular formula is C8H12F3NOS. The fourth-order valence-electron chi connectivity index (χ4n) is 1.03. The molecule has 0 bridgehead atoms. The molecule has 82 valence electrons. The van der Waals surface area contributed by atoms with Crippen molar-refractivity contribution in [3.05, 3.63) is 0 Å². The highest BCUT2D eigenvalue weighted by Gasteiger charge is 2.42. The van der Waals surface area contributed by atoms with E-state index < -0.39 is 18.2 Å². The third-order valence-corrected chi connectivity index (χ3v) is 2.47. The Balaban J connectivity index is 4.26. The van der Waals surface area contributed by atoms with Gasteiger partial charge in [-0.2, -0.15) is 30.2 Å². The Bertz CT molecular complexity index is 202. The lowest BCUT2D eigenvalue weighted by Crippen LogP contribution is -2.36. The molecule has 2 atom stereocenters. The molecule has 14 heavy (non-hydrogen) atoms. The van der Waals surface area contributed by atoms with Crippen LogP contribution in [0.2, 0.25) is 0 Å². The molecule has 2 unspecified atom stereocenters. The average Bonchev–Trinajstić information content (AvgIpc) is 2.09. The van der Waals surface area contributed by atoms with Gasteiger partial charge in [0.25, 0.3) is 0 Å². The van der Waals surface area contributed by atoms with Crippen LogP contribution in [0.15, 0.2) is 0 Å². The lowest BCUT2D eigenvalue weighted by Gasteiger charge is -2.22. The number of thioether (sulfide) groups is 1. The monoisotopic (exact) mass is 227 g/mol. The molecule has 0 heterocycles. The number of nitrogens with zero attached hydrogens (tertiary/aromatic N) is 1. The highest BCUT2D eigenvalue weighted by molar-refractivity contribution is 7.98. The van der Waals surface area contributed by atoms with Gasteiger partial charge in [-0.15, -0.1) is 0 Å². The summed E-state index contributed by atoms with van der Waals surface area (Å²) in [6.07, 6.45) is -5.30. The molecule has 2 nitrogen and oxygen atoms in total. The van der Waals surface area contributed by atoms with E-state index in [-0.39, 0.29) is 12.8 Å². The van der Waals surface area contributed by atoms with Crippen molar-refractivity contribution in [1.29, 1.82) is 5.26 Å². The third kappa shape index (κ3) is 4.72. The highest BCUT2D eigenvalue weighted by atomic mass is 32.2. The molecule has 0 aromatic rings. The molecule has 0 radical (unpaired) electrons. The topological polar surface area (TPSA) is 44.0 Å². The zero-order valence-corrected chi connectivity index (χ0v) is 8.53. The maximum Gasteiger partial charge on any atom is 0.414 e. The fourth-order valence-corrected chi connectivity index (χ4v) is 1.56. The number of hydrogen-bond donors (Lipinski definition) is 1. The van der Waals surface area contributed by atoms with Crippen LogP contribution in [-0.4, -0.2) is 29.4 Å². The summed E-state index contributed by atoms with van der Waals surface area (Å²) < 4.78 is 36.3. The number of nitriles is 1. The Morgan fingerprint density at radius 2 is 2.07 bits per heavy atom. The minimum Gasteiger partial charge on any atom is -0.383 e. The Morgan fingerprint density at radius 3 is 2.43 bits per heavy atom. The van der Waals surface area contributed by atoms with Gasteiger partial charge in [-0.05, 0) is 18.4 Å². The van der Waals surface area contributed by atoms with Crippen LogP contribution in [0.4, 0.5) is 13.2 Å². The largest absolute Gasteiger partial charge is 0.414 e. The predicted molar refractivity (Wildman–Crippen MR) is 48.8 cm³/mol. The van der Waals surface area contributed by atoms with Gasteiger partial charge in [-0.1, -0.05) is 0 Å². The molecular weight excluding hydrogens is 215 g/mol.